The zero-order valence-electron chi connectivity index (χ0n) is 12.2. The molecule has 0 saturated carbocycles. The Balaban J connectivity index is 2.08. The van der Waals surface area contributed by atoms with Crippen LogP contribution in [0.4, 0.5) is 5.69 Å². The molecule has 1 saturated heterocycles. The molecule has 0 atom stereocenters. The fraction of sp³-hybridized carbons (Fsp3) is 0.133. The van der Waals surface area contributed by atoms with Crippen molar-refractivity contribution in [3.63, 3.8) is 0 Å². The second-order valence-electron chi connectivity index (χ2n) is 4.97. The van der Waals surface area contributed by atoms with E-state index in [1.807, 2.05) is 10.8 Å². The topological polar surface area (TPSA) is 95.9 Å². The van der Waals surface area contributed by atoms with Gasteiger partial charge in [-0.2, -0.15) is 8.42 Å². The SMILES string of the molecule is COc1cccc(-c2ccc(O)c(N3CC(=O)NS3(=O)=O)c2)c1. The lowest BCUT2D eigenvalue weighted by molar-refractivity contribution is -0.117. The predicted octanol–water partition coefficient (Wildman–Crippen LogP) is 1.25. The number of carbonyl (C=O) groups excluding carboxylic acids is 1. The lowest BCUT2D eigenvalue weighted by Gasteiger charge is -2.17. The Morgan fingerprint density at radius 2 is 1.91 bits per heavy atom. The Kier molecular flexibility index (Phi) is 3.61. The fourth-order valence-electron chi connectivity index (χ4n) is 2.37. The molecule has 1 fully saturated rings. The van der Waals surface area contributed by atoms with E-state index in [1.165, 1.54) is 12.1 Å². The smallest absolute Gasteiger partial charge is 0.326 e. The van der Waals surface area contributed by atoms with Gasteiger partial charge in [0.15, 0.2) is 0 Å². The first-order valence-corrected chi connectivity index (χ1v) is 8.15. The number of aromatic hydroxyl groups is 1. The lowest BCUT2D eigenvalue weighted by atomic mass is 10.0. The average Bonchev–Trinajstić information content (AvgIpc) is 2.80. The van der Waals surface area contributed by atoms with Crippen LogP contribution in [0, 0.1) is 0 Å². The van der Waals surface area contributed by atoms with Gasteiger partial charge in [-0.05, 0) is 35.4 Å². The second kappa shape index (κ2) is 5.47. The summed E-state index contributed by atoms with van der Waals surface area (Å²) in [6.07, 6.45) is 0. The molecule has 3 rings (SSSR count). The largest absolute Gasteiger partial charge is 0.506 e. The minimum atomic E-state index is -3.97. The Bertz CT molecular complexity index is 879. The zero-order valence-corrected chi connectivity index (χ0v) is 13.0. The summed E-state index contributed by atoms with van der Waals surface area (Å²) in [4.78, 5) is 11.4. The van der Waals surface area contributed by atoms with E-state index in [0.29, 0.717) is 11.3 Å². The highest BCUT2D eigenvalue weighted by Crippen LogP contribution is 2.35. The van der Waals surface area contributed by atoms with Gasteiger partial charge in [0, 0.05) is 0 Å². The Hall–Kier alpha value is -2.74. The standard InChI is InChI=1S/C15H14N2O5S/c1-22-12-4-2-3-10(7-12)11-5-6-14(18)13(8-11)17-9-15(19)16-23(17,20)21/h2-8,18H,9H2,1H3,(H,16,19). The number of phenols is 1. The van der Waals surface area contributed by atoms with Crippen molar-refractivity contribution in [2.24, 2.45) is 0 Å². The molecule has 120 valence electrons. The van der Waals surface area contributed by atoms with E-state index >= 15 is 0 Å². The molecule has 1 heterocycles. The molecular weight excluding hydrogens is 320 g/mol. The van der Waals surface area contributed by atoms with Gasteiger partial charge in [-0.15, -0.1) is 0 Å². The summed E-state index contributed by atoms with van der Waals surface area (Å²) < 4.78 is 31.8. The summed E-state index contributed by atoms with van der Waals surface area (Å²) in [5, 5.41) is 9.99. The molecule has 0 spiro atoms. The van der Waals surface area contributed by atoms with E-state index in [-0.39, 0.29) is 18.0 Å². The number of rotatable bonds is 3. The number of benzene rings is 2. The number of ether oxygens (including phenoxy) is 1. The number of hydrogen-bond acceptors (Lipinski definition) is 5. The summed E-state index contributed by atoms with van der Waals surface area (Å²) in [6.45, 7) is -0.364. The molecule has 0 bridgehead atoms. The second-order valence-corrected chi connectivity index (χ2v) is 6.57. The number of nitrogens with one attached hydrogen (secondary N) is 1. The van der Waals surface area contributed by atoms with Crippen LogP contribution in [0.15, 0.2) is 42.5 Å². The molecule has 8 heteroatoms. The Labute approximate surface area is 133 Å². The summed E-state index contributed by atoms with van der Waals surface area (Å²) in [7, 11) is -2.42. The summed E-state index contributed by atoms with van der Waals surface area (Å²) in [5.74, 6) is -0.212. The van der Waals surface area contributed by atoms with Crippen LogP contribution < -0.4 is 13.8 Å². The van der Waals surface area contributed by atoms with Crippen molar-refractivity contribution in [2.75, 3.05) is 18.0 Å². The van der Waals surface area contributed by atoms with Gasteiger partial charge >= 0.3 is 10.2 Å². The molecule has 1 aliphatic rings. The molecule has 0 aliphatic carbocycles. The van der Waals surface area contributed by atoms with Crippen molar-refractivity contribution >= 4 is 21.8 Å². The molecule has 7 nitrogen and oxygen atoms in total. The minimum Gasteiger partial charge on any atom is -0.506 e. The van der Waals surface area contributed by atoms with Crippen molar-refractivity contribution in [3.05, 3.63) is 42.5 Å². The Morgan fingerprint density at radius 3 is 2.57 bits per heavy atom. The quantitative estimate of drug-likeness (QED) is 0.881. The minimum absolute atomic E-state index is 0.0451. The van der Waals surface area contributed by atoms with E-state index in [0.717, 1.165) is 9.87 Å². The van der Waals surface area contributed by atoms with Gasteiger partial charge in [0.2, 0.25) is 0 Å². The molecule has 0 radical (unpaired) electrons. The van der Waals surface area contributed by atoms with Gasteiger partial charge in [-0.3, -0.25) is 4.79 Å². The van der Waals surface area contributed by atoms with E-state index in [4.69, 9.17) is 4.74 Å². The molecule has 0 aromatic heterocycles. The highest BCUT2D eigenvalue weighted by molar-refractivity contribution is 7.92. The summed E-state index contributed by atoms with van der Waals surface area (Å²) in [6, 6.07) is 11.8. The molecule has 2 N–H and O–H groups in total. The molecule has 0 unspecified atom stereocenters. The van der Waals surface area contributed by atoms with Crippen molar-refractivity contribution < 1.29 is 23.1 Å². The van der Waals surface area contributed by atoms with Crippen LogP contribution in [0.3, 0.4) is 0 Å². The van der Waals surface area contributed by atoms with Gasteiger partial charge < -0.3 is 9.84 Å². The van der Waals surface area contributed by atoms with Gasteiger partial charge in [-0.1, -0.05) is 18.2 Å². The number of hydrogen-bond donors (Lipinski definition) is 2. The maximum Gasteiger partial charge on any atom is 0.326 e. The van der Waals surface area contributed by atoms with Gasteiger partial charge in [-0.25, -0.2) is 9.03 Å². The van der Waals surface area contributed by atoms with E-state index in [2.05, 4.69) is 0 Å². The van der Waals surface area contributed by atoms with E-state index < -0.39 is 16.1 Å². The summed E-state index contributed by atoms with van der Waals surface area (Å²) >= 11 is 0. The van der Waals surface area contributed by atoms with Crippen molar-refractivity contribution in [1.29, 1.82) is 0 Å². The molecule has 1 aliphatic heterocycles. The monoisotopic (exact) mass is 334 g/mol. The normalized spacial score (nSPS) is 16.2. The molecule has 23 heavy (non-hydrogen) atoms. The zero-order chi connectivity index (χ0) is 16.6. The highest BCUT2D eigenvalue weighted by Gasteiger charge is 2.35. The van der Waals surface area contributed by atoms with Gasteiger partial charge in [0.05, 0.1) is 12.8 Å². The van der Waals surface area contributed by atoms with Crippen LogP contribution in [0.25, 0.3) is 11.1 Å². The van der Waals surface area contributed by atoms with Crippen molar-refractivity contribution in [1.82, 2.24) is 4.72 Å². The molecule has 1 amide bonds. The van der Waals surface area contributed by atoms with Crippen LogP contribution in [0.1, 0.15) is 0 Å². The number of carbonyl (C=O) groups is 1. The predicted molar refractivity (Wildman–Crippen MR) is 84.5 cm³/mol. The third-order valence-corrected chi connectivity index (χ3v) is 4.86. The molecule has 2 aromatic carbocycles. The molecule has 2 aromatic rings. The first kappa shape index (κ1) is 15.2. The van der Waals surface area contributed by atoms with Crippen LogP contribution in [0.2, 0.25) is 0 Å². The Morgan fingerprint density at radius 1 is 1.17 bits per heavy atom. The van der Waals surface area contributed by atoms with Crippen LogP contribution >= 0.6 is 0 Å². The fourth-order valence-corrected chi connectivity index (χ4v) is 3.52. The maximum absolute atomic E-state index is 11.9. The van der Waals surface area contributed by atoms with Gasteiger partial charge in [0.1, 0.15) is 18.0 Å². The number of nitrogens with zero attached hydrogens (tertiary/aromatic N) is 1. The van der Waals surface area contributed by atoms with Crippen LogP contribution in [-0.4, -0.2) is 33.1 Å². The number of anilines is 1. The highest BCUT2D eigenvalue weighted by atomic mass is 32.2. The van der Waals surface area contributed by atoms with Crippen LogP contribution in [-0.2, 0) is 15.0 Å². The maximum atomic E-state index is 11.9. The van der Waals surface area contributed by atoms with Crippen LogP contribution in [0.5, 0.6) is 11.5 Å². The van der Waals surface area contributed by atoms with Crippen molar-refractivity contribution in [3.8, 4) is 22.6 Å². The third kappa shape index (κ3) is 2.80. The number of phenolic OH excluding ortho intramolecular Hbond substituents is 1. The van der Waals surface area contributed by atoms with Gasteiger partial charge in [0.25, 0.3) is 5.91 Å². The first-order valence-electron chi connectivity index (χ1n) is 6.71. The van der Waals surface area contributed by atoms with Crippen molar-refractivity contribution in [2.45, 2.75) is 0 Å². The average molecular weight is 334 g/mol. The third-order valence-electron chi connectivity index (χ3n) is 3.47. The van der Waals surface area contributed by atoms with E-state index in [9.17, 15) is 18.3 Å². The van der Waals surface area contributed by atoms with E-state index in [1.54, 1.807) is 31.4 Å². The lowest BCUT2D eigenvalue weighted by Crippen LogP contribution is -2.29. The molecular formula is C15H14N2O5S. The number of methoxy groups -OCH3 is 1. The summed E-state index contributed by atoms with van der Waals surface area (Å²) in [5.41, 5.74) is 1.52. The number of amides is 1. The first-order chi connectivity index (χ1) is 10.9.